The summed E-state index contributed by atoms with van der Waals surface area (Å²) in [5.74, 6) is 1.79. The Kier molecular flexibility index (Phi) is 6.23. The zero-order chi connectivity index (χ0) is 20.1. The summed E-state index contributed by atoms with van der Waals surface area (Å²) in [7, 11) is 3.37. The number of fused-ring (bicyclic) bond motifs is 4. The lowest BCUT2D eigenvalue weighted by molar-refractivity contribution is 0.0740. The highest BCUT2D eigenvalue weighted by Crippen LogP contribution is 2.52. The third-order valence-electron chi connectivity index (χ3n) is 5.66. The lowest BCUT2D eigenvalue weighted by Crippen LogP contribution is -2.37. The zero-order valence-corrected chi connectivity index (χ0v) is 17.2. The van der Waals surface area contributed by atoms with Gasteiger partial charge in [-0.1, -0.05) is 18.2 Å². The van der Waals surface area contributed by atoms with E-state index in [1.54, 1.807) is 14.2 Å². The van der Waals surface area contributed by atoms with E-state index in [-0.39, 0.29) is 5.41 Å². The summed E-state index contributed by atoms with van der Waals surface area (Å²) in [5, 5.41) is 0. The fourth-order valence-corrected chi connectivity index (χ4v) is 4.24. The average Bonchev–Trinajstić information content (AvgIpc) is 3.27. The van der Waals surface area contributed by atoms with E-state index >= 15 is 0 Å². The van der Waals surface area contributed by atoms with Gasteiger partial charge in [-0.05, 0) is 29.8 Å². The van der Waals surface area contributed by atoms with Crippen LogP contribution in [0.1, 0.15) is 11.1 Å². The molecule has 2 aromatic rings. The van der Waals surface area contributed by atoms with Crippen molar-refractivity contribution in [1.29, 1.82) is 0 Å². The highest BCUT2D eigenvalue weighted by Gasteiger charge is 2.49. The van der Waals surface area contributed by atoms with Crippen LogP contribution in [0.15, 0.2) is 42.5 Å². The molecule has 0 saturated carbocycles. The first-order chi connectivity index (χ1) is 14.3. The fourth-order valence-electron chi connectivity index (χ4n) is 4.24. The van der Waals surface area contributed by atoms with Gasteiger partial charge in [-0.3, -0.25) is 0 Å². The van der Waals surface area contributed by atoms with Crippen LogP contribution in [-0.2, 0) is 19.6 Å². The Hall–Kier alpha value is -2.28. The van der Waals surface area contributed by atoms with E-state index in [2.05, 4.69) is 35.2 Å². The van der Waals surface area contributed by atoms with Gasteiger partial charge in [0, 0.05) is 38.6 Å². The molecule has 2 heterocycles. The molecule has 29 heavy (non-hydrogen) atoms. The second-order valence-electron chi connectivity index (χ2n) is 7.41. The van der Waals surface area contributed by atoms with Gasteiger partial charge >= 0.3 is 0 Å². The molecule has 2 aliphatic rings. The van der Waals surface area contributed by atoms with Gasteiger partial charge in [0.15, 0.2) is 0 Å². The van der Waals surface area contributed by atoms with E-state index in [1.807, 2.05) is 12.1 Å². The van der Waals surface area contributed by atoms with Crippen LogP contribution in [-0.4, -0.2) is 67.0 Å². The molecule has 0 aliphatic carbocycles. The van der Waals surface area contributed by atoms with E-state index in [1.165, 1.54) is 16.8 Å². The van der Waals surface area contributed by atoms with Gasteiger partial charge in [-0.15, -0.1) is 0 Å². The molecular weight excluding hydrogens is 370 g/mol. The molecule has 6 heteroatoms. The number of rotatable bonds is 10. The standard InChI is InChI=1S/C23H29NO5/c1-25-11-13-27-10-9-24-16-23(19-5-3-4-6-21(19)24)17-29-22-8-7-18(15-20(22)23)28-14-12-26-2/h3-8,15H,9-14,16-17H2,1-2H3. The predicted octanol–water partition coefficient (Wildman–Crippen LogP) is 2.87. The minimum absolute atomic E-state index is 0.181. The molecule has 1 atom stereocenters. The number of anilines is 1. The Morgan fingerprint density at radius 1 is 0.931 bits per heavy atom. The first-order valence-corrected chi connectivity index (χ1v) is 10.1. The minimum Gasteiger partial charge on any atom is -0.492 e. The van der Waals surface area contributed by atoms with E-state index in [9.17, 15) is 0 Å². The number of hydrogen-bond donors (Lipinski definition) is 0. The average molecular weight is 399 g/mol. The Labute approximate surface area is 172 Å². The molecule has 156 valence electrons. The molecule has 6 nitrogen and oxygen atoms in total. The van der Waals surface area contributed by atoms with Crippen molar-refractivity contribution in [2.24, 2.45) is 0 Å². The van der Waals surface area contributed by atoms with Crippen LogP contribution >= 0.6 is 0 Å². The summed E-state index contributed by atoms with van der Waals surface area (Å²) >= 11 is 0. The molecule has 2 aromatic carbocycles. The smallest absolute Gasteiger partial charge is 0.123 e. The van der Waals surface area contributed by atoms with Crippen molar-refractivity contribution in [1.82, 2.24) is 0 Å². The van der Waals surface area contributed by atoms with Crippen LogP contribution in [0.5, 0.6) is 11.5 Å². The first-order valence-electron chi connectivity index (χ1n) is 10.1. The van der Waals surface area contributed by atoms with Crippen molar-refractivity contribution >= 4 is 5.69 Å². The quantitative estimate of drug-likeness (QED) is 0.573. The lowest BCUT2D eigenvalue weighted by atomic mass is 9.78. The molecular formula is C23H29NO5. The normalized spacial score (nSPS) is 19.3. The fraction of sp³-hybridized carbons (Fsp3) is 0.478. The molecule has 1 unspecified atom stereocenters. The summed E-state index contributed by atoms with van der Waals surface area (Å²) in [6, 6.07) is 14.7. The van der Waals surface area contributed by atoms with E-state index < -0.39 is 0 Å². The monoisotopic (exact) mass is 399 g/mol. The van der Waals surface area contributed by atoms with Crippen molar-refractivity contribution in [3.8, 4) is 11.5 Å². The number of nitrogens with zero attached hydrogens (tertiary/aromatic N) is 1. The predicted molar refractivity (Wildman–Crippen MR) is 111 cm³/mol. The van der Waals surface area contributed by atoms with Gasteiger partial charge in [0.25, 0.3) is 0 Å². The SMILES string of the molecule is COCCOCCN1CC2(COc3ccc(OCCOC)cc32)c2ccccc21. The molecule has 0 fully saturated rings. The van der Waals surface area contributed by atoms with Crippen LogP contribution in [0.25, 0.3) is 0 Å². The molecule has 1 spiro atoms. The summed E-state index contributed by atoms with van der Waals surface area (Å²) in [4.78, 5) is 2.40. The zero-order valence-electron chi connectivity index (χ0n) is 17.2. The summed E-state index contributed by atoms with van der Waals surface area (Å²) < 4.78 is 27.9. The maximum atomic E-state index is 6.12. The van der Waals surface area contributed by atoms with E-state index in [4.69, 9.17) is 23.7 Å². The van der Waals surface area contributed by atoms with Crippen molar-refractivity contribution in [2.45, 2.75) is 5.41 Å². The molecule has 2 aliphatic heterocycles. The molecule has 0 N–H and O–H groups in total. The van der Waals surface area contributed by atoms with Gasteiger partial charge < -0.3 is 28.6 Å². The van der Waals surface area contributed by atoms with Crippen LogP contribution in [0.3, 0.4) is 0 Å². The van der Waals surface area contributed by atoms with Crippen LogP contribution in [0, 0.1) is 0 Å². The molecule has 4 rings (SSSR count). The number of para-hydroxylation sites is 1. The topological polar surface area (TPSA) is 49.4 Å². The molecule has 0 amide bonds. The molecule has 0 aromatic heterocycles. The number of hydrogen-bond acceptors (Lipinski definition) is 6. The second kappa shape index (κ2) is 9.03. The van der Waals surface area contributed by atoms with Crippen molar-refractivity contribution in [3.63, 3.8) is 0 Å². The van der Waals surface area contributed by atoms with Gasteiger partial charge in [-0.25, -0.2) is 0 Å². The number of benzene rings is 2. The minimum atomic E-state index is -0.181. The Morgan fingerprint density at radius 3 is 2.62 bits per heavy atom. The van der Waals surface area contributed by atoms with Gasteiger partial charge in [0.1, 0.15) is 24.7 Å². The highest BCUT2D eigenvalue weighted by molar-refractivity contribution is 5.69. The summed E-state index contributed by atoms with van der Waals surface area (Å²) in [6.07, 6.45) is 0. The van der Waals surface area contributed by atoms with Crippen molar-refractivity contribution in [3.05, 3.63) is 53.6 Å². The van der Waals surface area contributed by atoms with Gasteiger partial charge in [-0.2, -0.15) is 0 Å². The first kappa shape index (κ1) is 20.0. The third-order valence-corrected chi connectivity index (χ3v) is 5.66. The van der Waals surface area contributed by atoms with Gasteiger partial charge in [0.2, 0.25) is 0 Å². The Morgan fingerprint density at radius 2 is 1.76 bits per heavy atom. The van der Waals surface area contributed by atoms with E-state index in [0.29, 0.717) is 39.6 Å². The Balaban J connectivity index is 1.56. The summed E-state index contributed by atoms with van der Waals surface area (Å²) in [6.45, 7) is 5.35. The maximum Gasteiger partial charge on any atom is 0.123 e. The second-order valence-corrected chi connectivity index (χ2v) is 7.41. The number of methoxy groups -OCH3 is 2. The molecule has 0 bridgehead atoms. The van der Waals surface area contributed by atoms with Crippen molar-refractivity contribution < 1.29 is 23.7 Å². The van der Waals surface area contributed by atoms with Gasteiger partial charge in [0.05, 0.1) is 31.8 Å². The van der Waals surface area contributed by atoms with Crippen LogP contribution in [0.4, 0.5) is 5.69 Å². The lowest BCUT2D eigenvalue weighted by Gasteiger charge is -2.25. The highest BCUT2D eigenvalue weighted by atomic mass is 16.5. The Bertz CT molecular complexity index is 827. The third kappa shape index (κ3) is 3.92. The molecule has 0 radical (unpaired) electrons. The largest absolute Gasteiger partial charge is 0.492 e. The number of ether oxygens (including phenoxy) is 5. The van der Waals surface area contributed by atoms with E-state index in [0.717, 1.165) is 24.6 Å². The van der Waals surface area contributed by atoms with Crippen molar-refractivity contribution in [2.75, 3.05) is 71.9 Å². The maximum absolute atomic E-state index is 6.12. The van der Waals surface area contributed by atoms with Crippen LogP contribution < -0.4 is 14.4 Å². The van der Waals surface area contributed by atoms with Crippen LogP contribution in [0.2, 0.25) is 0 Å². The molecule has 0 saturated heterocycles. The summed E-state index contributed by atoms with van der Waals surface area (Å²) in [5.41, 5.74) is 3.58.